The normalized spacial score (nSPS) is 14.1. The van der Waals surface area contributed by atoms with Crippen LogP contribution in [0.15, 0.2) is 46.2 Å². The van der Waals surface area contributed by atoms with E-state index in [0.29, 0.717) is 43.5 Å². The zero-order valence-corrected chi connectivity index (χ0v) is 17.2. The maximum Gasteiger partial charge on any atom is 0.321 e. The smallest absolute Gasteiger partial charge is 0.321 e. The van der Waals surface area contributed by atoms with E-state index in [9.17, 15) is 9.59 Å². The van der Waals surface area contributed by atoms with Crippen LogP contribution >= 0.6 is 11.3 Å². The quantitative estimate of drug-likeness (QED) is 0.708. The fourth-order valence-corrected chi connectivity index (χ4v) is 3.94. The topological polar surface area (TPSA) is 78.7 Å². The molecular formula is C21H22N4O3S. The van der Waals surface area contributed by atoms with E-state index in [1.807, 2.05) is 48.7 Å². The maximum atomic E-state index is 12.9. The van der Waals surface area contributed by atoms with Crippen LogP contribution < -0.4 is 5.32 Å². The Balaban J connectivity index is 1.37. The molecule has 29 heavy (non-hydrogen) atoms. The number of benzene rings is 1. The molecular weight excluding hydrogens is 388 g/mol. The lowest BCUT2D eigenvalue weighted by Crippen LogP contribution is -2.51. The van der Waals surface area contributed by atoms with E-state index in [1.54, 1.807) is 16.7 Å². The first-order chi connectivity index (χ1) is 14.0. The summed E-state index contributed by atoms with van der Waals surface area (Å²) in [5.74, 6) is 0.822. The Morgan fingerprint density at radius 3 is 2.52 bits per heavy atom. The van der Waals surface area contributed by atoms with Crippen molar-refractivity contribution in [1.29, 1.82) is 0 Å². The molecule has 1 N–H and O–H groups in total. The van der Waals surface area contributed by atoms with Crippen molar-refractivity contribution in [1.82, 2.24) is 14.8 Å². The van der Waals surface area contributed by atoms with Gasteiger partial charge < -0.3 is 19.5 Å². The average Bonchev–Trinajstić information content (AvgIpc) is 3.37. The van der Waals surface area contributed by atoms with Crippen molar-refractivity contribution in [2.45, 2.75) is 13.8 Å². The van der Waals surface area contributed by atoms with Crippen molar-refractivity contribution in [2.75, 3.05) is 31.5 Å². The highest BCUT2D eigenvalue weighted by Gasteiger charge is 2.28. The van der Waals surface area contributed by atoms with E-state index in [-0.39, 0.29) is 11.9 Å². The van der Waals surface area contributed by atoms with Gasteiger partial charge in [-0.05, 0) is 43.0 Å². The van der Waals surface area contributed by atoms with Crippen LogP contribution in [0.5, 0.6) is 0 Å². The molecule has 0 aliphatic carbocycles. The fourth-order valence-electron chi connectivity index (χ4n) is 3.29. The summed E-state index contributed by atoms with van der Waals surface area (Å²) in [4.78, 5) is 34.1. The van der Waals surface area contributed by atoms with Gasteiger partial charge in [0.15, 0.2) is 5.69 Å². The zero-order valence-electron chi connectivity index (χ0n) is 16.3. The SMILES string of the molecule is Cc1cccc(NC(=O)N2CCN(C(=O)c3nc(-c4cccs4)oc3C)CC2)c1. The second kappa shape index (κ2) is 8.08. The molecule has 1 saturated heterocycles. The fraction of sp³-hybridized carbons (Fsp3) is 0.286. The van der Waals surface area contributed by atoms with E-state index in [0.717, 1.165) is 16.1 Å². The first kappa shape index (κ1) is 19.2. The van der Waals surface area contributed by atoms with Gasteiger partial charge in [-0.1, -0.05) is 18.2 Å². The van der Waals surface area contributed by atoms with Gasteiger partial charge in [-0.3, -0.25) is 4.79 Å². The second-order valence-electron chi connectivity index (χ2n) is 6.98. The van der Waals surface area contributed by atoms with Crippen molar-refractivity contribution >= 4 is 29.0 Å². The third kappa shape index (κ3) is 4.17. The highest BCUT2D eigenvalue weighted by Crippen LogP contribution is 2.26. The van der Waals surface area contributed by atoms with Crippen LogP contribution in [0, 0.1) is 13.8 Å². The minimum absolute atomic E-state index is 0.153. The van der Waals surface area contributed by atoms with Crippen molar-refractivity contribution in [2.24, 2.45) is 0 Å². The van der Waals surface area contributed by atoms with Gasteiger partial charge in [0.2, 0.25) is 5.89 Å². The monoisotopic (exact) mass is 410 g/mol. The van der Waals surface area contributed by atoms with Gasteiger partial charge in [0.05, 0.1) is 4.88 Å². The summed E-state index contributed by atoms with van der Waals surface area (Å²) < 4.78 is 5.68. The highest BCUT2D eigenvalue weighted by molar-refractivity contribution is 7.13. The number of carbonyl (C=O) groups is 2. The molecule has 150 valence electrons. The molecule has 8 heteroatoms. The lowest BCUT2D eigenvalue weighted by atomic mass is 10.2. The highest BCUT2D eigenvalue weighted by atomic mass is 32.1. The van der Waals surface area contributed by atoms with E-state index >= 15 is 0 Å². The van der Waals surface area contributed by atoms with Crippen LogP contribution in [0.25, 0.3) is 10.8 Å². The summed E-state index contributed by atoms with van der Waals surface area (Å²) in [6.45, 7) is 5.59. The molecule has 1 aliphatic rings. The Kier molecular flexibility index (Phi) is 5.35. The number of hydrogen-bond acceptors (Lipinski definition) is 5. The van der Waals surface area contributed by atoms with Gasteiger partial charge in [0.25, 0.3) is 5.91 Å². The van der Waals surface area contributed by atoms with E-state index in [1.165, 1.54) is 11.3 Å². The molecule has 1 aromatic carbocycles. The summed E-state index contributed by atoms with van der Waals surface area (Å²) in [6.07, 6.45) is 0. The molecule has 3 aromatic rings. The van der Waals surface area contributed by atoms with Gasteiger partial charge in [0.1, 0.15) is 5.76 Å². The number of thiophene rings is 1. The number of aryl methyl sites for hydroxylation is 2. The lowest BCUT2D eigenvalue weighted by Gasteiger charge is -2.34. The predicted octanol–water partition coefficient (Wildman–Crippen LogP) is 4.01. The Labute approximate surface area is 173 Å². The van der Waals surface area contributed by atoms with Crippen LogP contribution in [0.4, 0.5) is 10.5 Å². The Morgan fingerprint density at radius 2 is 1.83 bits per heavy atom. The van der Waals surface area contributed by atoms with Crippen molar-refractivity contribution < 1.29 is 14.0 Å². The van der Waals surface area contributed by atoms with Gasteiger partial charge >= 0.3 is 6.03 Å². The van der Waals surface area contributed by atoms with Crippen molar-refractivity contribution in [3.05, 3.63) is 58.8 Å². The van der Waals surface area contributed by atoms with Crippen LogP contribution in [0.2, 0.25) is 0 Å². The summed E-state index contributed by atoms with van der Waals surface area (Å²) in [7, 11) is 0. The number of rotatable bonds is 3. The molecule has 0 radical (unpaired) electrons. The summed E-state index contributed by atoms with van der Waals surface area (Å²) in [6, 6.07) is 11.4. The minimum atomic E-state index is -0.159. The number of piperazine rings is 1. The standard InChI is InChI=1S/C21H22N4O3S/c1-14-5-3-6-16(13-14)22-21(27)25-10-8-24(9-11-25)20(26)18-15(2)28-19(23-18)17-7-4-12-29-17/h3-7,12-13H,8-11H2,1-2H3,(H,22,27). The Morgan fingerprint density at radius 1 is 1.07 bits per heavy atom. The summed E-state index contributed by atoms with van der Waals surface area (Å²) in [5, 5.41) is 4.86. The number of anilines is 1. The van der Waals surface area contributed by atoms with Crippen LogP contribution in [0.3, 0.4) is 0 Å². The molecule has 7 nitrogen and oxygen atoms in total. The molecule has 0 saturated carbocycles. The largest absolute Gasteiger partial charge is 0.440 e. The molecule has 0 unspecified atom stereocenters. The molecule has 2 aromatic heterocycles. The van der Waals surface area contributed by atoms with E-state index < -0.39 is 0 Å². The van der Waals surface area contributed by atoms with Crippen LogP contribution in [-0.2, 0) is 0 Å². The molecule has 1 fully saturated rings. The molecule has 4 rings (SSSR count). The summed E-state index contributed by atoms with van der Waals surface area (Å²) in [5.41, 5.74) is 2.20. The minimum Gasteiger partial charge on any atom is -0.440 e. The van der Waals surface area contributed by atoms with E-state index in [2.05, 4.69) is 10.3 Å². The number of nitrogens with zero attached hydrogens (tertiary/aromatic N) is 3. The average molecular weight is 410 g/mol. The maximum absolute atomic E-state index is 12.9. The first-order valence-electron chi connectivity index (χ1n) is 9.44. The Bertz CT molecular complexity index is 1020. The van der Waals surface area contributed by atoms with Crippen molar-refractivity contribution in [3.63, 3.8) is 0 Å². The first-order valence-corrected chi connectivity index (χ1v) is 10.3. The van der Waals surface area contributed by atoms with Crippen LogP contribution in [0.1, 0.15) is 21.8 Å². The van der Waals surface area contributed by atoms with Gasteiger partial charge in [0, 0.05) is 31.9 Å². The zero-order chi connectivity index (χ0) is 20.4. The number of amides is 3. The van der Waals surface area contributed by atoms with Gasteiger partial charge in [-0.25, -0.2) is 9.78 Å². The molecule has 0 spiro atoms. The predicted molar refractivity (Wildman–Crippen MR) is 112 cm³/mol. The third-order valence-electron chi connectivity index (χ3n) is 4.85. The third-order valence-corrected chi connectivity index (χ3v) is 5.71. The molecule has 0 atom stereocenters. The summed E-state index contributed by atoms with van der Waals surface area (Å²) >= 11 is 1.52. The van der Waals surface area contributed by atoms with Crippen LogP contribution in [-0.4, -0.2) is 52.9 Å². The number of urea groups is 1. The molecule has 3 heterocycles. The number of oxazole rings is 1. The number of aromatic nitrogens is 1. The number of hydrogen-bond donors (Lipinski definition) is 1. The van der Waals surface area contributed by atoms with Crippen molar-refractivity contribution in [3.8, 4) is 10.8 Å². The number of nitrogens with one attached hydrogen (secondary N) is 1. The lowest BCUT2D eigenvalue weighted by molar-refractivity contribution is 0.0665. The second-order valence-corrected chi connectivity index (χ2v) is 7.93. The molecule has 1 aliphatic heterocycles. The molecule has 0 bridgehead atoms. The Hall–Kier alpha value is -3.13. The van der Waals surface area contributed by atoms with E-state index in [4.69, 9.17) is 4.42 Å². The number of carbonyl (C=O) groups excluding carboxylic acids is 2. The van der Waals surface area contributed by atoms with Gasteiger partial charge in [-0.2, -0.15) is 0 Å². The van der Waals surface area contributed by atoms with Gasteiger partial charge in [-0.15, -0.1) is 11.3 Å². The molecule has 3 amide bonds.